The number of amides is 1. The Bertz CT molecular complexity index is 1280. The van der Waals surface area contributed by atoms with Crippen LogP contribution >= 0.6 is 24.0 Å². The Morgan fingerprint density at radius 2 is 1.74 bits per heavy atom. The van der Waals surface area contributed by atoms with E-state index in [-0.39, 0.29) is 21.1 Å². The Morgan fingerprint density at radius 3 is 2.34 bits per heavy atom. The van der Waals surface area contributed by atoms with Gasteiger partial charge in [-0.05, 0) is 82.7 Å². The standard InChI is InChI=1S/C28H31NO4S2/c1-16-11-20-21(28(4,5)10-9-27(20,2)3)14-18(16)19-12-17(7-8-22(19)33-6)13-23-25(32)29(15-24(30)31)26(34)35-23/h7-8,11-14H,9-10,15H2,1-6H3,(H,30,31). The minimum absolute atomic E-state index is 0.0797. The zero-order chi connectivity index (χ0) is 25.7. The molecule has 1 aliphatic carbocycles. The van der Waals surface area contributed by atoms with Crippen molar-refractivity contribution in [2.75, 3.05) is 13.7 Å². The predicted molar refractivity (Wildman–Crippen MR) is 146 cm³/mol. The van der Waals surface area contributed by atoms with Crippen molar-refractivity contribution < 1.29 is 19.4 Å². The van der Waals surface area contributed by atoms with Gasteiger partial charge in [0.1, 0.15) is 16.6 Å². The second-order valence-corrected chi connectivity index (χ2v) is 12.3. The first-order valence-electron chi connectivity index (χ1n) is 11.7. The average molecular weight is 510 g/mol. The van der Waals surface area contributed by atoms with E-state index in [1.54, 1.807) is 13.2 Å². The van der Waals surface area contributed by atoms with Crippen LogP contribution in [-0.4, -0.2) is 39.9 Å². The minimum Gasteiger partial charge on any atom is -0.496 e. The normalized spacial score (nSPS) is 19.7. The lowest BCUT2D eigenvalue weighted by molar-refractivity contribution is -0.140. The molecule has 1 aliphatic heterocycles. The maximum Gasteiger partial charge on any atom is 0.323 e. The van der Waals surface area contributed by atoms with Crippen molar-refractivity contribution in [3.05, 3.63) is 57.5 Å². The molecule has 2 aromatic carbocycles. The number of carbonyl (C=O) groups is 2. The summed E-state index contributed by atoms with van der Waals surface area (Å²) in [4.78, 5) is 25.4. The Balaban J connectivity index is 1.80. The zero-order valence-corrected chi connectivity index (χ0v) is 22.7. The highest BCUT2D eigenvalue weighted by atomic mass is 32.2. The van der Waals surface area contributed by atoms with Crippen LogP contribution in [0.15, 0.2) is 35.2 Å². The van der Waals surface area contributed by atoms with Gasteiger partial charge in [0, 0.05) is 5.56 Å². The molecule has 35 heavy (non-hydrogen) atoms. The number of thioether (sulfide) groups is 1. The van der Waals surface area contributed by atoms with E-state index in [1.165, 1.54) is 16.7 Å². The van der Waals surface area contributed by atoms with Crippen molar-refractivity contribution in [3.8, 4) is 16.9 Å². The minimum atomic E-state index is -1.09. The molecule has 184 valence electrons. The number of rotatable bonds is 5. The fraction of sp³-hybridized carbons (Fsp3) is 0.393. The van der Waals surface area contributed by atoms with Gasteiger partial charge in [0.15, 0.2) is 0 Å². The van der Waals surface area contributed by atoms with Gasteiger partial charge < -0.3 is 9.84 Å². The van der Waals surface area contributed by atoms with E-state index < -0.39 is 12.5 Å². The molecular formula is C28H31NO4S2. The molecule has 1 fully saturated rings. The number of nitrogens with zero attached hydrogens (tertiary/aromatic N) is 1. The summed E-state index contributed by atoms with van der Waals surface area (Å²) in [6.45, 7) is 11.0. The van der Waals surface area contributed by atoms with Gasteiger partial charge >= 0.3 is 5.97 Å². The van der Waals surface area contributed by atoms with E-state index in [4.69, 9.17) is 22.1 Å². The first-order chi connectivity index (χ1) is 16.3. The third-order valence-corrected chi connectivity index (χ3v) is 8.55. The number of carbonyl (C=O) groups excluding carboxylic acids is 1. The lowest BCUT2D eigenvalue weighted by Crippen LogP contribution is -2.34. The summed E-state index contributed by atoms with van der Waals surface area (Å²) in [7, 11) is 1.66. The summed E-state index contributed by atoms with van der Waals surface area (Å²) in [6.07, 6.45) is 4.06. The van der Waals surface area contributed by atoms with Gasteiger partial charge in [0.25, 0.3) is 5.91 Å². The summed E-state index contributed by atoms with van der Waals surface area (Å²) in [5, 5.41) is 9.09. The highest BCUT2D eigenvalue weighted by Crippen LogP contribution is 2.48. The molecule has 2 aromatic rings. The van der Waals surface area contributed by atoms with Crippen LogP contribution in [-0.2, 0) is 20.4 Å². The van der Waals surface area contributed by atoms with Crippen LogP contribution in [0, 0.1) is 6.92 Å². The SMILES string of the molecule is COc1ccc(C=C2SC(=S)N(CC(=O)O)C2=O)cc1-c1cc2c(cc1C)C(C)(C)CCC2(C)C. The van der Waals surface area contributed by atoms with Crippen LogP contribution in [0.2, 0.25) is 0 Å². The molecule has 0 bridgehead atoms. The topological polar surface area (TPSA) is 66.8 Å². The Kier molecular flexibility index (Phi) is 6.62. The van der Waals surface area contributed by atoms with Crippen molar-refractivity contribution in [2.24, 2.45) is 0 Å². The van der Waals surface area contributed by atoms with Gasteiger partial charge in [-0.3, -0.25) is 14.5 Å². The summed E-state index contributed by atoms with van der Waals surface area (Å²) in [6, 6.07) is 10.5. The van der Waals surface area contributed by atoms with Gasteiger partial charge in [-0.2, -0.15) is 0 Å². The molecule has 0 unspecified atom stereocenters. The highest BCUT2D eigenvalue weighted by Gasteiger charge is 2.38. The van der Waals surface area contributed by atoms with E-state index in [2.05, 4.69) is 46.8 Å². The summed E-state index contributed by atoms with van der Waals surface area (Å²) in [5.41, 5.74) is 7.07. The maximum absolute atomic E-state index is 12.7. The van der Waals surface area contributed by atoms with Crippen LogP contribution in [0.1, 0.15) is 62.8 Å². The number of aliphatic carboxylic acids is 1. The van der Waals surface area contributed by atoms with Crippen molar-refractivity contribution in [1.82, 2.24) is 4.90 Å². The molecule has 1 amide bonds. The molecule has 0 aromatic heterocycles. The molecule has 1 heterocycles. The third-order valence-electron chi connectivity index (χ3n) is 7.18. The van der Waals surface area contributed by atoms with Gasteiger partial charge in [0.05, 0.1) is 12.0 Å². The number of carboxylic acids is 1. The highest BCUT2D eigenvalue weighted by molar-refractivity contribution is 8.26. The molecule has 0 atom stereocenters. The van der Waals surface area contributed by atoms with Crippen LogP contribution < -0.4 is 4.74 Å². The van der Waals surface area contributed by atoms with Crippen molar-refractivity contribution in [3.63, 3.8) is 0 Å². The Morgan fingerprint density at radius 1 is 1.11 bits per heavy atom. The van der Waals surface area contributed by atoms with E-state index in [0.29, 0.717) is 4.91 Å². The summed E-state index contributed by atoms with van der Waals surface area (Å²) >= 11 is 6.35. The smallest absolute Gasteiger partial charge is 0.323 e. The number of methoxy groups -OCH3 is 1. The summed E-state index contributed by atoms with van der Waals surface area (Å²) < 4.78 is 5.99. The molecule has 0 radical (unpaired) electrons. The third kappa shape index (κ3) is 4.76. The number of thiocarbonyl (C=S) groups is 1. The number of aryl methyl sites for hydroxylation is 1. The second-order valence-electron chi connectivity index (χ2n) is 10.6. The molecule has 0 saturated carbocycles. The van der Waals surface area contributed by atoms with E-state index in [0.717, 1.165) is 51.9 Å². The molecule has 5 nitrogen and oxygen atoms in total. The fourth-order valence-electron chi connectivity index (χ4n) is 4.96. The number of hydrogen-bond acceptors (Lipinski definition) is 5. The molecule has 1 saturated heterocycles. The van der Waals surface area contributed by atoms with Gasteiger partial charge in [0.2, 0.25) is 0 Å². The van der Waals surface area contributed by atoms with Crippen LogP contribution in [0.25, 0.3) is 17.2 Å². The lowest BCUT2D eigenvalue weighted by atomic mass is 9.62. The first-order valence-corrected chi connectivity index (χ1v) is 12.9. The second kappa shape index (κ2) is 9.10. The van der Waals surface area contributed by atoms with Gasteiger partial charge in [-0.1, -0.05) is 63.8 Å². The average Bonchev–Trinajstić information content (AvgIpc) is 3.03. The first kappa shape index (κ1) is 25.5. The molecular weight excluding hydrogens is 478 g/mol. The predicted octanol–water partition coefficient (Wildman–Crippen LogP) is 6.31. The number of carboxylic acid groups (broad SMARTS) is 1. The van der Waals surface area contributed by atoms with E-state index in [1.807, 2.05) is 18.2 Å². The summed E-state index contributed by atoms with van der Waals surface area (Å²) in [5.74, 6) is -0.714. The van der Waals surface area contributed by atoms with Gasteiger partial charge in [-0.25, -0.2) is 0 Å². The molecule has 2 aliphatic rings. The molecule has 0 spiro atoms. The molecule has 4 rings (SSSR count). The number of benzene rings is 2. The quantitative estimate of drug-likeness (QED) is 0.377. The van der Waals surface area contributed by atoms with E-state index >= 15 is 0 Å². The Labute approximate surface area is 216 Å². The molecule has 1 N–H and O–H groups in total. The number of fused-ring (bicyclic) bond motifs is 1. The van der Waals surface area contributed by atoms with Gasteiger partial charge in [-0.15, -0.1) is 0 Å². The van der Waals surface area contributed by atoms with Crippen molar-refractivity contribution >= 4 is 46.3 Å². The van der Waals surface area contributed by atoms with Crippen molar-refractivity contribution in [1.29, 1.82) is 0 Å². The van der Waals surface area contributed by atoms with Crippen LogP contribution in [0.5, 0.6) is 5.75 Å². The lowest BCUT2D eigenvalue weighted by Gasteiger charge is -2.42. The van der Waals surface area contributed by atoms with Crippen molar-refractivity contribution in [2.45, 2.75) is 58.3 Å². The zero-order valence-electron chi connectivity index (χ0n) is 21.0. The maximum atomic E-state index is 12.7. The monoisotopic (exact) mass is 509 g/mol. The van der Waals surface area contributed by atoms with Crippen LogP contribution in [0.3, 0.4) is 0 Å². The fourth-order valence-corrected chi connectivity index (χ4v) is 6.22. The molecule has 7 heteroatoms. The van der Waals surface area contributed by atoms with Crippen LogP contribution in [0.4, 0.5) is 0 Å². The largest absolute Gasteiger partial charge is 0.496 e. The number of hydrogen-bond donors (Lipinski definition) is 1. The Hall–Kier alpha value is -2.64. The van der Waals surface area contributed by atoms with E-state index in [9.17, 15) is 9.59 Å². The number of ether oxygens (including phenoxy) is 1.